The predicted octanol–water partition coefficient (Wildman–Crippen LogP) is 5.19. The second-order valence-corrected chi connectivity index (χ2v) is 5.96. The van der Waals surface area contributed by atoms with Crippen LogP contribution in [0.2, 0.25) is 5.02 Å². The Hall–Kier alpha value is -2.85. The van der Waals surface area contributed by atoms with Crippen molar-refractivity contribution < 1.29 is 9.18 Å². The van der Waals surface area contributed by atoms with Crippen LogP contribution in [-0.2, 0) is 0 Å². The minimum absolute atomic E-state index is 0.103. The van der Waals surface area contributed by atoms with Crippen LogP contribution in [0.15, 0.2) is 60.8 Å². The lowest BCUT2D eigenvalue weighted by Gasteiger charge is -2.00. The number of carbonyl (C=O) groups excluding carboxylic acids is 1. The summed E-state index contributed by atoms with van der Waals surface area (Å²) in [6, 6.07) is 14.9. The molecule has 118 valence electrons. The highest BCUT2D eigenvalue weighted by atomic mass is 35.5. The Morgan fingerprint density at radius 3 is 2.58 bits per heavy atom. The Bertz CT molecular complexity index is 1050. The molecule has 4 rings (SSSR count). The van der Waals surface area contributed by atoms with Gasteiger partial charge in [-0.3, -0.25) is 4.79 Å². The van der Waals surface area contributed by atoms with Crippen LogP contribution in [0.4, 0.5) is 4.39 Å². The van der Waals surface area contributed by atoms with Gasteiger partial charge in [-0.05, 0) is 48.0 Å². The first-order chi connectivity index (χ1) is 11.6. The first-order valence-corrected chi connectivity index (χ1v) is 7.76. The van der Waals surface area contributed by atoms with Gasteiger partial charge in [0.25, 0.3) is 0 Å². The highest BCUT2D eigenvalue weighted by molar-refractivity contribution is 6.31. The van der Waals surface area contributed by atoms with E-state index in [2.05, 4.69) is 9.97 Å². The third-order valence-electron chi connectivity index (χ3n) is 3.96. The third-order valence-corrected chi connectivity index (χ3v) is 4.19. The van der Waals surface area contributed by atoms with E-state index in [0.29, 0.717) is 16.1 Å². The van der Waals surface area contributed by atoms with Gasteiger partial charge in [0.05, 0.1) is 0 Å². The predicted molar refractivity (Wildman–Crippen MR) is 92.9 cm³/mol. The van der Waals surface area contributed by atoms with Crippen LogP contribution in [0.5, 0.6) is 0 Å². The van der Waals surface area contributed by atoms with E-state index >= 15 is 0 Å². The third kappa shape index (κ3) is 2.51. The Morgan fingerprint density at radius 1 is 1.04 bits per heavy atom. The van der Waals surface area contributed by atoms with Crippen molar-refractivity contribution in [3.8, 4) is 11.3 Å². The van der Waals surface area contributed by atoms with E-state index in [0.717, 1.165) is 22.3 Å². The van der Waals surface area contributed by atoms with Crippen molar-refractivity contribution in [3.05, 3.63) is 82.8 Å². The molecule has 2 aromatic heterocycles. The van der Waals surface area contributed by atoms with E-state index in [4.69, 9.17) is 11.6 Å². The molecule has 0 radical (unpaired) electrons. The maximum Gasteiger partial charge on any atom is 0.195 e. The number of nitrogens with one attached hydrogen (secondary N) is 2. The molecular formula is C19H12ClFN2O. The maximum atomic E-state index is 13.1. The van der Waals surface area contributed by atoms with Crippen LogP contribution >= 0.6 is 11.6 Å². The molecule has 2 heterocycles. The number of aromatic nitrogens is 2. The minimum atomic E-state index is -0.285. The fourth-order valence-corrected chi connectivity index (χ4v) is 2.95. The monoisotopic (exact) mass is 338 g/mol. The summed E-state index contributed by atoms with van der Waals surface area (Å²) in [6.07, 6.45) is 1.68. The van der Waals surface area contributed by atoms with Crippen molar-refractivity contribution in [1.29, 1.82) is 0 Å². The van der Waals surface area contributed by atoms with Gasteiger partial charge in [0.1, 0.15) is 11.5 Å². The summed E-state index contributed by atoms with van der Waals surface area (Å²) in [5, 5.41) is 1.31. The van der Waals surface area contributed by atoms with Crippen molar-refractivity contribution in [1.82, 2.24) is 9.97 Å². The quantitative estimate of drug-likeness (QED) is 0.496. The number of carbonyl (C=O) groups is 1. The zero-order valence-corrected chi connectivity index (χ0v) is 13.2. The number of hydrogen-bond acceptors (Lipinski definition) is 1. The Labute approximate surface area is 142 Å². The molecule has 0 spiro atoms. The van der Waals surface area contributed by atoms with Crippen LogP contribution < -0.4 is 0 Å². The number of fused-ring (bicyclic) bond motifs is 1. The van der Waals surface area contributed by atoms with Crippen LogP contribution in [0.25, 0.3) is 22.3 Å². The summed E-state index contributed by atoms with van der Waals surface area (Å²) >= 11 is 5.97. The SMILES string of the molecule is O=C(c1cccc(Cl)c1)c1c[nH]c2[nH]c(-c3ccc(F)cc3)cc12. The van der Waals surface area contributed by atoms with E-state index in [-0.39, 0.29) is 11.6 Å². The van der Waals surface area contributed by atoms with E-state index in [1.54, 1.807) is 42.6 Å². The molecule has 0 unspecified atom stereocenters. The van der Waals surface area contributed by atoms with Crippen LogP contribution in [0.3, 0.4) is 0 Å². The maximum absolute atomic E-state index is 13.1. The molecule has 0 aliphatic heterocycles. The van der Waals surface area contributed by atoms with Gasteiger partial charge in [0.2, 0.25) is 0 Å². The van der Waals surface area contributed by atoms with E-state index in [9.17, 15) is 9.18 Å². The number of ketones is 1. The lowest BCUT2D eigenvalue weighted by molar-refractivity contribution is 0.104. The van der Waals surface area contributed by atoms with Crippen LogP contribution in [0, 0.1) is 5.82 Å². The van der Waals surface area contributed by atoms with Gasteiger partial charge in [-0.25, -0.2) is 4.39 Å². The molecule has 3 nitrogen and oxygen atoms in total. The van der Waals surface area contributed by atoms with Gasteiger partial charge in [0.15, 0.2) is 5.78 Å². The molecule has 24 heavy (non-hydrogen) atoms. The highest BCUT2D eigenvalue weighted by Gasteiger charge is 2.16. The van der Waals surface area contributed by atoms with Crippen LogP contribution in [0.1, 0.15) is 15.9 Å². The molecule has 0 saturated heterocycles. The van der Waals surface area contributed by atoms with Crippen molar-refractivity contribution in [2.45, 2.75) is 0 Å². The second-order valence-electron chi connectivity index (χ2n) is 5.52. The Balaban J connectivity index is 1.77. The molecule has 0 atom stereocenters. The standard InChI is InChI=1S/C19H12ClFN2O/c20-13-3-1-2-12(8-13)18(24)16-10-22-19-15(16)9-17(23-19)11-4-6-14(21)7-5-11/h1-10,22-23H. The van der Waals surface area contributed by atoms with E-state index in [1.165, 1.54) is 12.1 Å². The minimum Gasteiger partial charge on any atom is -0.347 e. The average Bonchev–Trinajstić information content (AvgIpc) is 3.15. The fourth-order valence-electron chi connectivity index (χ4n) is 2.76. The topological polar surface area (TPSA) is 48.6 Å². The molecule has 0 aliphatic carbocycles. The Kier molecular flexibility index (Phi) is 3.47. The zero-order valence-electron chi connectivity index (χ0n) is 12.4. The lowest BCUT2D eigenvalue weighted by atomic mass is 10.0. The molecule has 2 aromatic carbocycles. The van der Waals surface area contributed by atoms with Gasteiger partial charge in [-0.1, -0.05) is 23.7 Å². The summed E-state index contributed by atoms with van der Waals surface area (Å²) in [7, 11) is 0. The molecule has 0 saturated carbocycles. The van der Waals surface area contributed by atoms with Gasteiger partial charge >= 0.3 is 0 Å². The summed E-state index contributed by atoms with van der Waals surface area (Å²) in [5.41, 5.74) is 3.52. The number of aromatic amines is 2. The molecule has 4 aromatic rings. The summed E-state index contributed by atoms with van der Waals surface area (Å²) in [5.74, 6) is -0.388. The molecule has 0 amide bonds. The van der Waals surface area contributed by atoms with Gasteiger partial charge in [-0.15, -0.1) is 0 Å². The molecule has 0 bridgehead atoms. The zero-order chi connectivity index (χ0) is 16.7. The summed E-state index contributed by atoms with van der Waals surface area (Å²) < 4.78 is 13.1. The fraction of sp³-hybridized carbons (Fsp3) is 0. The normalized spacial score (nSPS) is 11.1. The van der Waals surface area contributed by atoms with Crippen molar-refractivity contribution in [2.24, 2.45) is 0 Å². The molecule has 0 aliphatic rings. The van der Waals surface area contributed by atoms with Crippen molar-refractivity contribution >= 4 is 28.4 Å². The number of benzene rings is 2. The van der Waals surface area contributed by atoms with E-state index < -0.39 is 0 Å². The second kappa shape index (κ2) is 5.65. The van der Waals surface area contributed by atoms with Gasteiger partial charge in [-0.2, -0.15) is 0 Å². The largest absolute Gasteiger partial charge is 0.347 e. The van der Waals surface area contributed by atoms with Crippen molar-refractivity contribution in [3.63, 3.8) is 0 Å². The van der Waals surface area contributed by atoms with Crippen molar-refractivity contribution in [2.75, 3.05) is 0 Å². The molecular weight excluding hydrogens is 327 g/mol. The number of H-pyrrole nitrogens is 2. The summed E-state index contributed by atoms with van der Waals surface area (Å²) in [6.45, 7) is 0. The van der Waals surface area contributed by atoms with Gasteiger partial charge < -0.3 is 9.97 Å². The number of hydrogen-bond donors (Lipinski definition) is 2. The molecule has 5 heteroatoms. The molecule has 2 N–H and O–H groups in total. The Morgan fingerprint density at radius 2 is 1.83 bits per heavy atom. The van der Waals surface area contributed by atoms with Crippen LogP contribution in [-0.4, -0.2) is 15.8 Å². The molecule has 0 fully saturated rings. The van der Waals surface area contributed by atoms with E-state index in [1.807, 2.05) is 6.07 Å². The first kappa shape index (κ1) is 14.7. The smallest absolute Gasteiger partial charge is 0.195 e. The first-order valence-electron chi connectivity index (χ1n) is 7.38. The number of rotatable bonds is 3. The summed E-state index contributed by atoms with van der Waals surface area (Å²) in [4.78, 5) is 19.0. The lowest BCUT2D eigenvalue weighted by Crippen LogP contribution is -1.99. The average molecular weight is 339 g/mol. The highest BCUT2D eigenvalue weighted by Crippen LogP contribution is 2.28. The number of halogens is 2. The van der Waals surface area contributed by atoms with Gasteiger partial charge in [0, 0.05) is 33.4 Å².